The first kappa shape index (κ1) is 13.2. The van der Waals surface area contributed by atoms with E-state index in [4.69, 9.17) is 13.3 Å². The van der Waals surface area contributed by atoms with Gasteiger partial charge in [0.2, 0.25) is 0 Å². The van der Waals surface area contributed by atoms with Crippen LogP contribution in [-0.2, 0) is 13.3 Å². The second kappa shape index (κ2) is 6.64. The predicted molar refractivity (Wildman–Crippen MR) is 63.4 cm³/mol. The molecule has 0 saturated heterocycles. The van der Waals surface area contributed by atoms with Gasteiger partial charge in [0.15, 0.2) is 0 Å². The Morgan fingerprint density at radius 3 is 2.00 bits per heavy atom. The van der Waals surface area contributed by atoms with Crippen molar-refractivity contribution in [3.8, 4) is 0 Å². The average molecular weight is 340 g/mol. The quantitative estimate of drug-likeness (QED) is 0.719. The molecule has 1 aromatic rings. The van der Waals surface area contributed by atoms with E-state index in [1.54, 1.807) is 21.3 Å². The van der Waals surface area contributed by atoms with E-state index in [1.165, 1.54) is 3.61 Å². The van der Waals surface area contributed by atoms with E-state index in [2.05, 4.69) is 24.3 Å². The first-order valence-electron chi connectivity index (χ1n) is 4.59. The van der Waals surface area contributed by atoms with E-state index in [0.29, 0.717) is 0 Å². The molecule has 0 aliphatic carbocycles. The topological polar surface area (TPSA) is 27.7 Å². The zero-order valence-corrected chi connectivity index (χ0v) is 12.6. The van der Waals surface area contributed by atoms with Crippen LogP contribution in [0.4, 0.5) is 0 Å². The monoisotopic (exact) mass is 342 g/mol. The van der Waals surface area contributed by atoms with Crippen LogP contribution in [0.25, 0.3) is 0 Å². The van der Waals surface area contributed by atoms with Gasteiger partial charge in [-0.15, -0.1) is 0 Å². The van der Waals surface area contributed by atoms with Gasteiger partial charge in [0.05, 0.1) is 0 Å². The summed E-state index contributed by atoms with van der Waals surface area (Å²) < 4.78 is 18.5. The van der Waals surface area contributed by atoms with Crippen molar-refractivity contribution in [2.24, 2.45) is 0 Å². The summed E-state index contributed by atoms with van der Waals surface area (Å²) in [6, 6.07) is 10.5. The molecule has 0 bridgehead atoms. The summed E-state index contributed by atoms with van der Waals surface area (Å²) in [5.74, 6) is 0. The Morgan fingerprint density at radius 2 is 1.53 bits per heavy atom. The normalized spacial score (nSPS) is 11.7. The van der Waals surface area contributed by atoms with Gasteiger partial charge in [-0.1, -0.05) is 0 Å². The van der Waals surface area contributed by atoms with Crippen molar-refractivity contribution in [2.75, 3.05) is 21.3 Å². The van der Waals surface area contributed by atoms with Crippen LogP contribution >= 0.6 is 0 Å². The Bertz CT molecular complexity index is 269. The zero-order valence-electron chi connectivity index (χ0n) is 9.23. The fourth-order valence-electron chi connectivity index (χ4n) is 1.12. The summed E-state index contributed by atoms with van der Waals surface area (Å²) in [4.78, 5) is 0. The van der Waals surface area contributed by atoms with Gasteiger partial charge in [-0.05, 0) is 0 Å². The van der Waals surface area contributed by atoms with Gasteiger partial charge in [-0.3, -0.25) is 0 Å². The molecule has 0 heterocycles. The van der Waals surface area contributed by atoms with Crippen LogP contribution in [0, 0.1) is 0 Å². The molecule has 15 heavy (non-hydrogen) atoms. The maximum absolute atomic E-state index is 5.38. The SMILES string of the molecule is CO[Si](C[Te]c1ccccc1)(OC)OC. The molecule has 84 valence electrons. The van der Waals surface area contributed by atoms with E-state index in [9.17, 15) is 0 Å². The van der Waals surface area contributed by atoms with Crippen LogP contribution in [-0.4, -0.2) is 51.1 Å². The zero-order chi connectivity index (χ0) is 11.1. The summed E-state index contributed by atoms with van der Waals surface area (Å²) >= 11 is -0.280. The van der Waals surface area contributed by atoms with Crippen molar-refractivity contribution in [1.29, 1.82) is 0 Å². The maximum atomic E-state index is 5.38. The third kappa shape index (κ3) is 3.87. The minimum absolute atomic E-state index is 0.280. The van der Waals surface area contributed by atoms with E-state index in [1.807, 2.05) is 6.07 Å². The molecular formula is C10H16O3SiTe. The molecule has 0 aliphatic heterocycles. The fourth-order valence-corrected chi connectivity index (χ4v) is 9.28. The fraction of sp³-hybridized carbons (Fsp3) is 0.400. The summed E-state index contributed by atoms with van der Waals surface area (Å²) in [5.41, 5.74) is 0. The first-order chi connectivity index (χ1) is 7.26. The molecule has 0 aliphatic rings. The molecule has 5 heteroatoms. The molecule has 0 fully saturated rings. The summed E-state index contributed by atoms with van der Waals surface area (Å²) in [5, 5.41) is 0. The molecule has 0 radical (unpaired) electrons. The van der Waals surface area contributed by atoms with Crippen molar-refractivity contribution < 1.29 is 13.3 Å². The number of rotatable bonds is 6. The van der Waals surface area contributed by atoms with Crippen molar-refractivity contribution in [1.82, 2.24) is 0 Å². The molecule has 0 saturated carbocycles. The Hall–Kier alpha value is 0.106. The molecule has 1 aromatic carbocycles. The van der Waals surface area contributed by atoms with Crippen molar-refractivity contribution in [3.05, 3.63) is 30.3 Å². The van der Waals surface area contributed by atoms with Gasteiger partial charge >= 0.3 is 102 Å². The van der Waals surface area contributed by atoms with E-state index >= 15 is 0 Å². The van der Waals surface area contributed by atoms with Gasteiger partial charge < -0.3 is 0 Å². The Morgan fingerprint density at radius 1 is 1.00 bits per heavy atom. The van der Waals surface area contributed by atoms with Crippen LogP contribution < -0.4 is 3.61 Å². The van der Waals surface area contributed by atoms with Gasteiger partial charge in [0, 0.05) is 0 Å². The molecule has 0 atom stereocenters. The van der Waals surface area contributed by atoms with E-state index < -0.39 is 8.80 Å². The van der Waals surface area contributed by atoms with Gasteiger partial charge in [0.1, 0.15) is 0 Å². The van der Waals surface area contributed by atoms with Crippen molar-refractivity contribution in [2.45, 2.75) is 4.09 Å². The second-order valence-electron chi connectivity index (χ2n) is 2.90. The van der Waals surface area contributed by atoms with E-state index in [0.717, 1.165) is 4.09 Å². The molecule has 3 nitrogen and oxygen atoms in total. The number of benzene rings is 1. The minimum atomic E-state index is -2.34. The molecule has 1 rings (SSSR count). The van der Waals surface area contributed by atoms with Crippen LogP contribution in [0.15, 0.2) is 30.3 Å². The predicted octanol–water partition coefficient (Wildman–Crippen LogP) is 0.852. The van der Waals surface area contributed by atoms with Crippen molar-refractivity contribution in [3.63, 3.8) is 0 Å². The molecule has 0 aromatic heterocycles. The molecule has 0 unspecified atom stereocenters. The van der Waals surface area contributed by atoms with Crippen LogP contribution in [0.1, 0.15) is 0 Å². The third-order valence-corrected chi connectivity index (χ3v) is 10.4. The third-order valence-electron chi connectivity index (χ3n) is 2.09. The molecule has 0 spiro atoms. The Kier molecular flexibility index (Phi) is 5.83. The van der Waals surface area contributed by atoms with Crippen LogP contribution in [0.5, 0.6) is 0 Å². The summed E-state index contributed by atoms with van der Waals surface area (Å²) in [7, 11) is 2.65. The number of hydrogen-bond donors (Lipinski definition) is 0. The summed E-state index contributed by atoms with van der Waals surface area (Å²) in [6.45, 7) is 0. The Balaban J connectivity index is 2.54. The first-order valence-corrected chi connectivity index (χ1v) is 9.34. The second-order valence-corrected chi connectivity index (χ2v) is 10.4. The number of hydrogen-bond acceptors (Lipinski definition) is 3. The Labute approximate surface area is 102 Å². The molecule has 0 N–H and O–H groups in total. The average Bonchev–Trinajstić information content (AvgIpc) is 2.33. The van der Waals surface area contributed by atoms with Gasteiger partial charge in [-0.25, -0.2) is 0 Å². The summed E-state index contributed by atoms with van der Waals surface area (Å²) in [6.07, 6.45) is 0. The molecular weight excluding hydrogens is 324 g/mol. The van der Waals surface area contributed by atoms with Crippen LogP contribution in [0.3, 0.4) is 0 Å². The van der Waals surface area contributed by atoms with Crippen molar-refractivity contribution >= 4 is 33.3 Å². The molecule has 0 amide bonds. The van der Waals surface area contributed by atoms with E-state index in [-0.39, 0.29) is 20.9 Å². The standard InChI is InChI=1S/C10H16O3SiTe/c1-11-14(12-2,13-3)9-15-10-7-5-4-6-8-10/h4-8H,9H2,1-3H3. The van der Waals surface area contributed by atoms with Gasteiger partial charge in [-0.2, -0.15) is 0 Å². The van der Waals surface area contributed by atoms with Gasteiger partial charge in [0.25, 0.3) is 0 Å². The van der Waals surface area contributed by atoms with Crippen LogP contribution in [0.2, 0.25) is 4.09 Å².